The van der Waals surface area contributed by atoms with Crippen LogP contribution in [-0.4, -0.2) is 22.6 Å². The average molecular weight is 415 g/mol. The second-order valence-corrected chi connectivity index (χ2v) is 6.67. The topological polar surface area (TPSA) is 64.1 Å². The largest absolute Gasteiger partial charge is 0.437 e. The molecule has 2 aromatic carbocycles. The van der Waals surface area contributed by atoms with Crippen LogP contribution >= 0.6 is 0 Å². The third kappa shape index (κ3) is 5.14. The molecule has 3 rings (SSSR count). The summed E-state index contributed by atoms with van der Waals surface area (Å²) in [5.41, 5.74) is 0.955. The number of alkyl halides is 3. The van der Waals surface area contributed by atoms with Gasteiger partial charge in [0.2, 0.25) is 5.88 Å². The van der Waals surface area contributed by atoms with Crippen molar-refractivity contribution in [3.8, 4) is 22.8 Å². The van der Waals surface area contributed by atoms with Crippen LogP contribution in [0.5, 0.6) is 11.6 Å². The molecule has 5 nitrogen and oxygen atoms in total. The summed E-state index contributed by atoms with van der Waals surface area (Å²) in [6.07, 6.45) is -3.63. The molecule has 30 heavy (non-hydrogen) atoms. The van der Waals surface area contributed by atoms with Crippen molar-refractivity contribution in [2.45, 2.75) is 26.4 Å². The van der Waals surface area contributed by atoms with Crippen LogP contribution in [0, 0.1) is 6.92 Å². The second-order valence-electron chi connectivity index (χ2n) is 6.67. The summed E-state index contributed by atoms with van der Waals surface area (Å²) in [6.45, 7) is 4.23. The minimum absolute atomic E-state index is 0.0723. The standard InChI is InChI=1S/C22H20F3N3O2/c1-3-11-26-20(29)15-7-9-18(10-8-15)30-21-19(12-14(2)27-28-21)16-5-4-6-17(13-16)22(23,24)25/h4-10,12-13H,3,11H2,1-2H3,(H,26,29). The first-order chi connectivity index (χ1) is 14.3. The second kappa shape index (κ2) is 8.94. The number of amides is 1. The van der Waals surface area contributed by atoms with Crippen LogP contribution in [0.4, 0.5) is 13.2 Å². The van der Waals surface area contributed by atoms with Gasteiger partial charge >= 0.3 is 6.18 Å². The maximum absolute atomic E-state index is 13.1. The third-order valence-corrected chi connectivity index (χ3v) is 4.25. The van der Waals surface area contributed by atoms with E-state index < -0.39 is 11.7 Å². The molecule has 1 heterocycles. The van der Waals surface area contributed by atoms with Crippen LogP contribution in [0.1, 0.15) is 35.0 Å². The van der Waals surface area contributed by atoms with E-state index in [-0.39, 0.29) is 11.8 Å². The van der Waals surface area contributed by atoms with Gasteiger partial charge in [-0.3, -0.25) is 4.79 Å². The first-order valence-corrected chi connectivity index (χ1v) is 9.36. The number of halogens is 3. The summed E-state index contributed by atoms with van der Waals surface area (Å²) in [6, 6.07) is 13.0. The molecule has 0 atom stereocenters. The molecule has 0 saturated heterocycles. The van der Waals surface area contributed by atoms with E-state index in [1.54, 1.807) is 43.3 Å². The van der Waals surface area contributed by atoms with Crippen molar-refractivity contribution in [1.82, 2.24) is 15.5 Å². The summed E-state index contributed by atoms with van der Waals surface area (Å²) >= 11 is 0. The first kappa shape index (κ1) is 21.3. The molecule has 1 N–H and O–H groups in total. The number of nitrogens with one attached hydrogen (secondary N) is 1. The number of aromatic nitrogens is 2. The minimum atomic E-state index is -4.46. The molecule has 0 aliphatic heterocycles. The van der Waals surface area contributed by atoms with Crippen LogP contribution in [-0.2, 0) is 6.18 Å². The molecular formula is C22H20F3N3O2. The molecule has 8 heteroatoms. The van der Waals surface area contributed by atoms with Gasteiger partial charge in [0.15, 0.2) is 0 Å². The van der Waals surface area contributed by atoms with Crippen molar-refractivity contribution < 1.29 is 22.7 Å². The number of ether oxygens (including phenoxy) is 1. The summed E-state index contributed by atoms with van der Waals surface area (Å²) < 4.78 is 45.1. The zero-order chi connectivity index (χ0) is 21.7. The van der Waals surface area contributed by atoms with E-state index in [0.717, 1.165) is 18.6 Å². The number of aryl methyl sites for hydroxylation is 1. The lowest BCUT2D eigenvalue weighted by Gasteiger charge is -2.13. The molecule has 0 aliphatic rings. The molecule has 0 bridgehead atoms. The average Bonchev–Trinajstić information content (AvgIpc) is 2.73. The van der Waals surface area contributed by atoms with Crippen LogP contribution in [0.15, 0.2) is 54.6 Å². The minimum Gasteiger partial charge on any atom is -0.437 e. The highest BCUT2D eigenvalue weighted by Crippen LogP contribution is 2.36. The van der Waals surface area contributed by atoms with E-state index in [0.29, 0.717) is 34.7 Å². The Hall–Kier alpha value is -3.42. The Morgan fingerprint density at radius 1 is 1.07 bits per heavy atom. The number of carbonyl (C=O) groups excluding carboxylic acids is 1. The van der Waals surface area contributed by atoms with Crippen molar-refractivity contribution in [2.24, 2.45) is 0 Å². The Labute approximate surface area is 171 Å². The van der Waals surface area contributed by atoms with E-state index in [2.05, 4.69) is 15.5 Å². The molecule has 156 valence electrons. The highest BCUT2D eigenvalue weighted by Gasteiger charge is 2.30. The fourth-order valence-corrected chi connectivity index (χ4v) is 2.75. The smallest absolute Gasteiger partial charge is 0.416 e. The van der Waals surface area contributed by atoms with Gasteiger partial charge in [-0.1, -0.05) is 19.1 Å². The number of hydrogen-bond donors (Lipinski definition) is 1. The Morgan fingerprint density at radius 2 is 1.80 bits per heavy atom. The Morgan fingerprint density at radius 3 is 2.47 bits per heavy atom. The maximum Gasteiger partial charge on any atom is 0.416 e. The molecule has 0 aliphatic carbocycles. The van der Waals surface area contributed by atoms with Crippen molar-refractivity contribution in [3.05, 3.63) is 71.4 Å². The van der Waals surface area contributed by atoms with E-state index >= 15 is 0 Å². The van der Waals surface area contributed by atoms with Gasteiger partial charge in [0.05, 0.1) is 11.3 Å². The van der Waals surface area contributed by atoms with Gasteiger partial charge in [-0.15, -0.1) is 5.10 Å². The quantitative estimate of drug-likeness (QED) is 0.585. The maximum atomic E-state index is 13.1. The van der Waals surface area contributed by atoms with E-state index in [1.807, 2.05) is 6.92 Å². The van der Waals surface area contributed by atoms with Crippen LogP contribution < -0.4 is 10.1 Å². The number of hydrogen-bond acceptors (Lipinski definition) is 4. The lowest BCUT2D eigenvalue weighted by atomic mass is 10.0. The normalized spacial score (nSPS) is 11.2. The van der Waals surface area contributed by atoms with Crippen LogP contribution in [0.3, 0.4) is 0 Å². The fraction of sp³-hybridized carbons (Fsp3) is 0.227. The Kier molecular flexibility index (Phi) is 6.34. The van der Waals surface area contributed by atoms with Crippen molar-refractivity contribution in [3.63, 3.8) is 0 Å². The zero-order valence-corrected chi connectivity index (χ0v) is 16.5. The molecule has 0 saturated carbocycles. The number of rotatable bonds is 6. The van der Waals surface area contributed by atoms with E-state index in [1.165, 1.54) is 6.07 Å². The van der Waals surface area contributed by atoms with Gasteiger partial charge in [0.25, 0.3) is 5.91 Å². The predicted octanol–water partition coefficient (Wildman–Crippen LogP) is 5.40. The lowest BCUT2D eigenvalue weighted by Crippen LogP contribution is -2.23. The van der Waals surface area contributed by atoms with Gasteiger partial charge < -0.3 is 10.1 Å². The van der Waals surface area contributed by atoms with Crippen LogP contribution in [0.2, 0.25) is 0 Å². The third-order valence-electron chi connectivity index (χ3n) is 4.25. The molecular weight excluding hydrogens is 395 g/mol. The van der Waals surface area contributed by atoms with Crippen molar-refractivity contribution in [2.75, 3.05) is 6.54 Å². The lowest BCUT2D eigenvalue weighted by molar-refractivity contribution is -0.137. The monoisotopic (exact) mass is 415 g/mol. The van der Waals surface area contributed by atoms with Gasteiger partial charge in [-0.2, -0.15) is 18.3 Å². The van der Waals surface area contributed by atoms with Crippen LogP contribution in [0.25, 0.3) is 11.1 Å². The molecule has 1 amide bonds. The number of carbonyl (C=O) groups is 1. The Bertz CT molecular complexity index is 1030. The number of benzene rings is 2. The summed E-state index contributed by atoms with van der Waals surface area (Å²) in [5.74, 6) is 0.264. The molecule has 0 fully saturated rings. The SMILES string of the molecule is CCCNC(=O)c1ccc(Oc2nnc(C)cc2-c2cccc(C(F)(F)F)c2)cc1. The molecule has 3 aromatic rings. The summed E-state index contributed by atoms with van der Waals surface area (Å²) in [4.78, 5) is 12.0. The fourth-order valence-electron chi connectivity index (χ4n) is 2.75. The van der Waals surface area contributed by atoms with Gasteiger partial charge in [0, 0.05) is 17.7 Å². The first-order valence-electron chi connectivity index (χ1n) is 9.36. The van der Waals surface area contributed by atoms with Crippen molar-refractivity contribution >= 4 is 5.91 Å². The molecule has 1 aromatic heterocycles. The Balaban J connectivity index is 1.89. The highest BCUT2D eigenvalue weighted by molar-refractivity contribution is 5.94. The molecule has 0 spiro atoms. The van der Waals surface area contributed by atoms with Gasteiger partial charge in [-0.05, 0) is 61.4 Å². The predicted molar refractivity (Wildman–Crippen MR) is 106 cm³/mol. The van der Waals surface area contributed by atoms with Crippen molar-refractivity contribution in [1.29, 1.82) is 0 Å². The van der Waals surface area contributed by atoms with E-state index in [4.69, 9.17) is 4.74 Å². The van der Waals surface area contributed by atoms with E-state index in [9.17, 15) is 18.0 Å². The highest BCUT2D eigenvalue weighted by atomic mass is 19.4. The van der Waals surface area contributed by atoms with Gasteiger partial charge in [0.1, 0.15) is 5.75 Å². The summed E-state index contributed by atoms with van der Waals surface area (Å²) in [7, 11) is 0. The number of nitrogens with zero attached hydrogens (tertiary/aromatic N) is 2. The summed E-state index contributed by atoms with van der Waals surface area (Å²) in [5, 5.41) is 10.7. The zero-order valence-electron chi connectivity index (χ0n) is 16.5. The molecule has 0 radical (unpaired) electrons. The van der Waals surface area contributed by atoms with Gasteiger partial charge in [-0.25, -0.2) is 0 Å². The molecule has 0 unspecified atom stereocenters.